The molecule has 228 valence electrons. The summed E-state index contributed by atoms with van der Waals surface area (Å²) in [6, 6.07) is 5.84. The average molecular weight is 597 g/mol. The molecule has 1 aromatic rings. The van der Waals surface area contributed by atoms with Crippen LogP contribution in [-0.2, 0) is 20.7 Å². The second-order valence-corrected chi connectivity index (χ2v) is 14.7. The monoisotopic (exact) mass is 596 g/mol. The minimum atomic E-state index is -1.16. The second-order valence-electron chi connectivity index (χ2n) is 13.4. The minimum absolute atomic E-state index is 0.0133. The Labute approximate surface area is 253 Å². The number of aromatic nitrogens is 1. The Balaban J connectivity index is 1.13. The fourth-order valence-electron chi connectivity index (χ4n) is 8.89. The number of fused-ring (bicyclic) bond motifs is 3. The summed E-state index contributed by atoms with van der Waals surface area (Å²) >= 11 is 1.64. The fourth-order valence-corrected chi connectivity index (χ4v) is 10.2. The number of rotatable bonds is 8. The lowest BCUT2D eigenvalue weighted by Crippen LogP contribution is -2.71. The van der Waals surface area contributed by atoms with Crippen LogP contribution in [0.1, 0.15) is 63.5 Å². The number of hydrogen-bond acceptors (Lipinski definition) is 7. The van der Waals surface area contributed by atoms with Crippen molar-refractivity contribution in [3.8, 4) is 0 Å². The quantitative estimate of drug-likeness (QED) is 0.452. The van der Waals surface area contributed by atoms with Gasteiger partial charge < -0.3 is 19.9 Å². The van der Waals surface area contributed by atoms with E-state index < -0.39 is 12.1 Å². The predicted molar refractivity (Wildman–Crippen MR) is 162 cm³/mol. The number of carbonyl (C=O) groups excluding carboxylic acids is 2. The number of halogens is 1. The number of nitrogens with zero attached hydrogens (tertiary/aromatic N) is 3. The molecule has 9 heteroatoms. The van der Waals surface area contributed by atoms with E-state index in [1.807, 2.05) is 24.4 Å². The SMILES string of the molecule is O=C(NCCN1CCCC1)C1=CN2C3CC4CCCCC4CC3OC3C(SCCc4ccccn4)C(F)CC(C1=O)C32. The van der Waals surface area contributed by atoms with Gasteiger partial charge in [-0.15, -0.1) is 0 Å². The molecule has 7 nitrogen and oxygen atoms in total. The van der Waals surface area contributed by atoms with Crippen LogP contribution in [0.3, 0.4) is 0 Å². The smallest absolute Gasteiger partial charge is 0.256 e. The highest BCUT2D eigenvalue weighted by molar-refractivity contribution is 8.00. The van der Waals surface area contributed by atoms with Crippen molar-refractivity contribution >= 4 is 23.5 Å². The van der Waals surface area contributed by atoms with Crippen LogP contribution in [-0.4, -0.2) is 94.1 Å². The van der Waals surface area contributed by atoms with Gasteiger partial charge in [0.25, 0.3) is 5.91 Å². The van der Waals surface area contributed by atoms with Gasteiger partial charge in [0, 0.05) is 37.1 Å². The summed E-state index contributed by atoms with van der Waals surface area (Å²) in [6.45, 7) is 3.47. The number of alkyl halides is 1. The van der Waals surface area contributed by atoms with Crippen LogP contribution < -0.4 is 5.32 Å². The van der Waals surface area contributed by atoms with Crippen molar-refractivity contribution < 1.29 is 18.7 Å². The van der Waals surface area contributed by atoms with Gasteiger partial charge in [-0.05, 0) is 81.3 Å². The molecule has 2 saturated heterocycles. The zero-order valence-corrected chi connectivity index (χ0v) is 25.4. The molecule has 0 bridgehead atoms. The molecule has 0 radical (unpaired) electrons. The van der Waals surface area contributed by atoms with Gasteiger partial charge in [0.05, 0.1) is 35.1 Å². The lowest BCUT2D eigenvalue weighted by molar-refractivity contribution is -0.197. The van der Waals surface area contributed by atoms with Gasteiger partial charge in [0.2, 0.25) is 0 Å². The van der Waals surface area contributed by atoms with Crippen LogP contribution in [0, 0.1) is 17.8 Å². The van der Waals surface area contributed by atoms with Gasteiger partial charge in [0.1, 0.15) is 6.17 Å². The van der Waals surface area contributed by atoms with E-state index in [1.54, 1.807) is 18.0 Å². The van der Waals surface area contributed by atoms with E-state index in [4.69, 9.17) is 4.74 Å². The predicted octanol–water partition coefficient (Wildman–Crippen LogP) is 4.17. The molecule has 9 atom stereocenters. The van der Waals surface area contributed by atoms with Gasteiger partial charge in [-0.3, -0.25) is 14.6 Å². The summed E-state index contributed by atoms with van der Waals surface area (Å²) in [5.74, 6) is 1.04. The second kappa shape index (κ2) is 12.6. The largest absolute Gasteiger partial charge is 0.369 e. The number of nitrogens with one attached hydrogen (secondary N) is 1. The summed E-state index contributed by atoms with van der Waals surface area (Å²) in [5.41, 5.74) is 1.23. The molecule has 1 amide bonds. The lowest BCUT2D eigenvalue weighted by Gasteiger charge is -2.60. The van der Waals surface area contributed by atoms with Crippen molar-refractivity contribution in [1.82, 2.24) is 20.1 Å². The van der Waals surface area contributed by atoms with Crippen LogP contribution in [0.25, 0.3) is 0 Å². The molecule has 1 N–H and O–H groups in total. The number of aryl methyl sites for hydroxylation is 1. The Morgan fingerprint density at radius 3 is 2.69 bits per heavy atom. The minimum Gasteiger partial charge on any atom is -0.369 e. The normalized spacial score (nSPS) is 37.8. The molecule has 9 unspecified atom stereocenters. The number of likely N-dealkylation sites (tertiary alicyclic amines) is 1. The third kappa shape index (κ3) is 5.65. The fraction of sp³-hybridized carbons (Fsp3) is 0.727. The summed E-state index contributed by atoms with van der Waals surface area (Å²) < 4.78 is 23.0. The molecular weight excluding hydrogens is 551 g/mol. The van der Waals surface area contributed by atoms with E-state index in [9.17, 15) is 9.59 Å². The van der Waals surface area contributed by atoms with Gasteiger partial charge in [-0.25, -0.2) is 4.39 Å². The Bertz CT molecular complexity index is 1160. The molecule has 0 aromatic carbocycles. The molecule has 7 rings (SSSR count). The zero-order chi connectivity index (χ0) is 28.6. The average Bonchev–Trinajstić information content (AvgIpc) is 3.53. The molecule has 6 aliphatic rings. The number of ketones is 1. The van der Waals surface area contributed by atoms with Crippen LogP contribution in [0.5, 0.6) is 0 Å². The van der Waals surface area contributed by atoms with E-state index in [1.165, 1.54) is 38.5 Å². The highest BCUT2D eigenvalue weighted by Gasteiger charge is 2.59. The summed E-state index contributed by atoms with van der Waals surface area (Å²) in [4.78, 5) is 36.5. The third-order valence-corrected chi connectivity index (χ3v) is 12.4. The first-order chi connectivity index (χ1) is 20.6. The maximum absolute atomic E-state index is 16.1. The van der Waals surface area contributed by atoms with Crippen LogP contribution in [0.4, 0.5) is 4.39 Å². The van der Waals surface area contributed by atoms with Crippen molar-refractivity contribution in [3.05, 3.63) is 41.9 Å². The Morgan fingerprint density at radius 2 is 1.90 bits per heavy atom. The number of pyridine rings is 1. The highest BCUT2D eigenvalue weighted by atomic mass is 32.2. The molecule has 3 saturated carbocycles. The maximum Gasteiger partial charge on any atom is 0.256 e. The number of amides is 1. The summed E-state index contributed by atoms with van der Waals surface area (Å²) in [7, 11) is 0. The van der Waals surface area contributed by atoms with Crippen molar-refractivity contribution in [2.45, 2.75) is 99.9 Å². The van der Waals surface area contributed by atoms with Gasteiger partial charge in [0.15, 0.2) is 5.78 Å². The Hall–Kier alpha value is -1.97. The number of ether oxygens (including phenoxy) is 1. The van der Waals surface area contributed by atoms with Gasteiger partial charge >= 0.3 is 0 Å². The van der Waals surface area contributed by atoms with Crippen molar-refractivity contribution in [2.75, 3.05) is 31.9 Å². The number of morpholine rings is 1. The van der Waals surface area contributed by atoms with Crippen molar-refractivity contribution in [1.29, 1.82) is 0 Å². The number of Topliss-reactive ketones (excluding diaryl/α,β-unsaturated/α-hetero) is 1. The molecule has 3 aliphatic heterocycles. The number of hydrogen-bond donors (Lipinski definition) is 1. The molecule has 42 heavy (non-hydrogen) atoms. The third-order valence-electron chi connectivity index (χ3n) is 11.0. The molecule has 1 aromatic heterocycles. The van der Waals surface area contributed by atoms with Crippen LogP contribution in [0.15, 0.2) is 36.2 Å². The van der Waals surface area contributed by atoms with E-state index >= 15 is 4.39 Å². The summed E-state index contributed by atoms with van der Waals surface area (Å²) in [6.07, 6.45) is 12.6. The van der Waals surface area contributed by atoms with Crippen LogP contribution in [0.2, 0.25) is 0 Å². The van der Waals surface area contributed by atoms with Crippen molar-refractivity contribution in [2.24, 2.45) is 17.8 Å². The molecule has 3 aliphatic carbocycles. The van der Waals surface area contributed by atoms with E-state index in [-0.39, 0.29) is 53.2 Å². The molecule has 0 spiro atoms. The first kappa shape index (κ1) is 28.8. The maximum atomic E-state index is 16.1. The van der Waals surface area contributed by atoms with Gasteiger partial charge in [-0.1, -0.05) is 31.7 Å². The lowest BCUT2D eigenvalue weighted by atomic mass is 9.65. The summed E-state index contributed by atoms with van der Waals surface area (Å²) in [5, 5.41) is 2.69. The Morgan fingerprint density at radius 1 is 1.10 bits per heavy atom. The van der Waals surface area contributed by atoms with Gasteiger partial charge in [-0.2, -0.15) is 11.8 Å². The van der Waals surface area contributed by atoms with E-state index in [2.05, 4.69) is 20.1 Å². The molecular formula is C33H45FN4O3S. The zero-order valence-electron chi connectivity index (χ0n) is 24.5. The number of carbonyl (C=O) groups is 2. The topological polar surface area (TPSA) is 74.8 Å². The van der Waals surface area contributed by atoms with E-state index in [0.717, 1.165) is 50.3 Å². The van der Waals surface area contributed by atoms with E-state index in [0.29, 0.717) is 18.4 Å². The standard InChI is InChI=1S/C33H45FN4O3S/c34-26-19-24-29-31(32(26)42-16-10-23-9-3-4-11-35-23)41-28-18-22-8-2-1-7-21(22)17-27(28)38(29)20-25(30(24)39)33(40)36-12-15-37-13-5-6-14-37/h3-4,9,11,20-22,24,26-29,31-32H,1-2,5-8,10,12-19H2,(H,36,40). The highest BCUT2D eigenvalue weighted by Crippen LogP contribution is 2.51. The number of thioether (sulfide) groups is 1. The first-order valence-electron chi connectivity index (χ1n) is 16.4. The molecule has 5 fully saturated rings. The van der Waals surface area contributed by atoms with Crippen molar-refractivity contribution in [3.63, 3.8) is 0 Å². The Kier molecular flexibility index (Phi) is 8.61. The first-order valence-corrected chi connectivity index (χ1v) is 17.5. The molecule has 4 heterocycles. The van der Waals surface area contributed by atoms with Crippen LogP contribution >= 0.6 is 11.8 Å².